The monoisotopic (exact) mass is 494 g/mol. The summed E-state index contributed by atoms with van der Waals surface area (Å²) < 4.78 is 1.09. The number of carbonyl (C=O) groups is 1. The highest BCUT2D eigenvalue weighted by molar-refractivity contribution is 7.22. The molecule has 0 atom stereocenters. The van der Waals surface area contributed by atoms with Crippen LogP contribution in [0.3, 0.4) is 0 Å². The molecule has 5 nitrogen and oxygen atoms in total. The topological polar surface area (TPSA) is 49.3 Å². The molecule has 0 aliphatic heterocycles. The molecule has 0 bridgehead atoms. The first kappa shape index (κ1) is 24.1. The van der Waals surface area contributed by atoms with E-state index >= 15 is 0 Å². The van der Waals surface area contributed by atoms with Gasteiger partial charge in [-0.2, -0.15) is 0 Å². The highest BCUT2D eigenvalue weighted by Crippen LogP contribution is 2.33. The van der Waals surface area contributed by atoms with Crippen LogP contribution < -0.4 is 4.90 Å². The van der Waals surface area contributed by atoms with E-state index in [0.717, 1.165) is 62.7 Å². The number of anilines is 1. The molecule has 36 heavy (non-hydrogen) atoms. The standard InChI is InChI=1S/C30H30N4OS/c1-4-33(5-2)18-19-34(30-32-28-21(3)12-11-17-27(28)36-30)29(35)24-20-26(22-13-7-6-8-14-22)31-25-16-10-9-15-23(24)25/h6-17,20H,4-5,18-19H2,1-3H3. The zero-order valence-corrected chi connectivity index (χ0v) is 21.8. The van der Waals surface area contributed by atoms with Gasteiger partial charge in [0, 0.05) is 24.0 Å². The van der Waals surface area contributed by atoms with Crippen molar-refractivity contribution in [2.24, 2.45) is 0 Å². The van der Waals surface area contributed by atoms with Gasteiger partial charge in [0.1, 0.15) is 0 Å². The van der Waals surface area contributed by atoms with Crippen molar-refractivity contribution in [1.29, 1.82) is 0 Å². The van der Waals surface area contributed by atoms with Crippen LogP contribution in [0.2, 0.25) is 0 Å². The first-order valence-corrected chi connectivity index (χ1v) is 13.3. The minimum absolute atomic E-state index is 0.0466. The molecule has 6 heteroatoms. The maximum absolute atomic E-state index is 14.3. The fraction of sp³-hybridized carbons (Fsp3) is 0.233. The maximum atomic E-state index is 14.3. The summed E-state index contributed by atoms with van der Waals surface area (Å²) in [5.41, 5.74) is 5.32. The summed E-state index contributed by atoms with van der Waals surface area (Å²) in [4.78, 5) is 28.3. The van der Waals surface area contributed by atoms with Gasteiger partial charge in [-0.3, -0.25) is 9.69 Å². The molecule has 0 unspecified atom stereocenters. The Morgan fingerprint density at radius 3 is 2.36 bits per heavy atom. The highest BCUT2D eigenvalue weighted by Gasteiger charge is 2.25. The number of amides is 1. The average Bonchev–Trinajstić information content (AvgIpc) is 3.36. The number of carbonyl (C=O) groups excluding carboxylic acids is 1. The lowest BCUT2D eigenvalue weighted by Gasteiger charge is -2.25. The van der Waals surface area contributed by atoms with E-state index in [2.05, 4.69) is 37.8 Å². The Morgan fingerprint density at radius 1 is 0.861 bits per heavy atom. The van der Waals surface area contributed by atoms with Gasteiger partial charge >= 0.3 is 0 Å². The predicted molar refractivity (Wildman–Crippen MR) is 151 cm³/mol. The molecule has 3 aromatic carbocycles. The quantitative estimate of drug-likeness (QED) is 0.238. The Morgan fingerprint density at radius 2 is 1.61 bits per heavy atom. The van der Waals surface area contributed by atoms with Crippen molar-refractivity contribution in [3.05, 3.63) is 90.0 Å². The summed E-state index contributed by atoms with van der Waals surface area (Å²) in [6.45, 7) is 9.59. The fourth-order valence-corrected chi connectivity index (χ4v) is 5.58. The van der Waals surface area contributed by atoms with Crippen molar-refractivity contribution in [1.82, 2.24) is 14.9 Å². The van der Waals surface area contributed by atoms with Gasteiger partial charge < -0.3 is 4.90 Å². The van der Waals surface area contributed by atoms with E-state index in [1.54, 1.807) is 11.3 Å². The van der Waals surface area contributed by atoms with Crippen molar-refractivity contribution < 1.29 is 4.79 Å². The van der Waals surface area contributed by atoms with Crippen LogP contribution in [0.5, 0.6) is 0 Å². The van der Waals surface area contributed by atoms with Crippen LogP contribution in [-0.2, 0) is 0 Å². The van der Waals surface area contributed by atoms with Gasteiger partial charge in [0.05, 0.1) is 27.0 Å². The Labute approximate surface area is 216 Å². The van der Waals surface area contributed by atoms with Crippen LogP contribution in [0.1, 0.15) is 29.8 Å². The number of fused-ring (bicyclic) bond motifs is 2. The summed E-state index contributed by atoms with van der Waals surface area (Å²) >= 11 is 1.58. The van der Waals surface area contributed by atoms with Crippen molar-refractivity contribution >= 4 is 43.5 Å². The van der Waals surface area contributed by atoms with Gasteiger partial charge in [0.15, 0.2) is 5.13 Å². The molecule has 0 saturated carbocycles. The first-order valence-electron chi connectivity index (χ1n) is 12.4. The van der Waals surface area contributed by atoms with Crippen LogP contribution in [0.25, 0.3) is 32.4 Å². The second-order valence-corrected chi connectivity index (χ2v) is 9.85. The van der Waals surface area contributed by atoms with Crippen molar-refractivity contribution in [3.63, 3.8) is 0 Å². The maximum Gasteiger partial charge on any atom is 0.260 e. The molecule has 0 spiro atoms. The minimum atomic E-state index is -0.0466. The van der Waals surface area contributed by atoms with Crippen molar-refractivity contribution in [2.45, 2.75) is 20.8 Å². The van der Waals surface area contributed by atoms with Gasteiger partial charge in [-0.15, -0.1) is 0 Å². The molecule has 2 aromatic heterocycles. The van der Waals surface area contributed by atoms with Crippen molar-refractivity contribution in [3.8, 4) is 11.3 Å². The van der Waals surface area contributed by atoms with Gasteiger partial charge in [-0.05, 0) is 43.8 Å². The van der Waals surface area contributed by atoms with Crippen LogP contribution in [0, 0.1) is 6.92 Å². The molecule has 0 radical (unpaired) electrons. The lowest BCUT2D eigenvalue weighted by atomic mass is 10.0. The van der Waals surface area contributed by atoms with Crippen LogP contribution in [-0.4, -0.2) is 47.0 Å². The summed E-state index contributed by atoms with van der Waals surface area (Å²) in [5, 5.41) is 1.59. The molecule has 182 valence electrons. The predicted octanol–water partition coefficient (Wildman–Crippen LogP) is 6.81. The molecule has 0 saturated heterocycles. The Hall–Kier alpha value is -3.61. The lowest BCUT2D eigenvalue weighted by molar-refractivity contribution is 0.0985. The molecule has 2 heterocycles. The van der Waals surface area contributed by atoms with Crippen LogP contribution in [0.15, 0.2) is 78.9 Å². The molecule has 0 N–H and O–H groups in total. The number of aryl methyl sites for hydroxylation is 1. The number of pyridine rings is 1. The zero-order valence-electron chi connectivity index (χ0n) is 20.9. The van der Waals surface area contributed by atoms with Gasteiger partial charge in [-0.25, -0.2) is 9.97 Å². The number of aromatic nitrogens is 2. The molecular weight excluding hydrogens is 464 g/mol. The molecular formula is C30H30N4OS. The van der Waals surface area contributed by atoms with Gasteiger partial charge in [0.2, 0.25) is 0 Å². The normalized spacial score (nSPS) is 11.4. The number of likely N-dealkylation sites (N-methyl/N-ethyl adjacent to an activating group) is 1. The summed E-state index contributed by atoms with van der Waals surface area (Å²) in [6.07, 6.45) is 0. The second kappa shape index (κ2) is 10.6. The van der Waals surface area contributed by atoms with E-state index in [0.29, 0.717) is 12.1 Å². The third-order valence-corrected chi connectivity index (χ3v) is 7.68. The molecule has 0 aliphatic rings. The van der Waals surface area contributed by atoms with E-state index in [1.165, 1.54) is 0 Å². The molecule has 5 aromatic rings. The van der Waals surface area contributed by atoms with Gasteiger partial charge in [-0.1, -0.05) is 85.8 Å². The number of thiazole rings is 1. The average molecular weight is 495 g/mol. The molecule has 1 amide bonds. The van der Waals surface area contributed by atoms with Crippen LogP contribution >= 0.6 is 11.3 Å². The Kier molecular flexibility index (Phi) is 7.07. The summed E-state index contributed by atoms with van der Waals surface area (Å²) in [7, 11) is 0. The number of para-hydroxylation sites is 2. The molecule has 5 rings (SSSR count). The third-order valence-electron chi connectivity index (χ3n) is 6.64. The Balaban J connectivity index is 1.63. The lowest BCUT2D eigenvalue weighted by Crippen LogP contribution is -2.39. The number of hydrogen-bond donors (Lipinski definition) is 0. The SMILES string of the molecule is CCN(CC)CCN(C(=O)c1cc(-c2ccccc2)nc2ccccc12)c1nc2c(C)cccc2s1. The molecule has 0 fully saturated rings. The number of hydrogen-bond acceptors (Lipinski definition) is 5. The van der Waals surface area contributed by atoms with Crippen molar-refractivity contribution in [2.75, 3.05) is 31.1 Å². The van der Waals surface area contributed by atoms with E-state index in [9.17, 15) is 4.79 Å². The number of nitrogens with zero attached hydrogens (tertiary/aromatic N) is 4. The van der Waals surface area contributed by atoms with Gasteiger partial charge in [0.25, 0.3) is 5.91 Å². The van der Waals surface area contributed by atoms with E-state index in [-0.39, 0.29) is 5.91 Å². The highest BCUT2D eigenvalue weighted by atomic mass is 32.1. The zero-order chi connectivity index (χ0) is 25.1. The first-order chi connectivity index (χ1) is 17.6. The summed E-state index contributed by atoms with van der Waals surface area (Å²) in [6, 6.07) is 26.0. The van der Waals surface area contributed by atoms with Crippen LogP contribution in [0.4, 0.5) is 5.13 Å². The fourth-order valence-electron chi connectivity index (χ4n) is 4.51. The van der Waals surface area contributed by atoms with E-state index < -0.39 is 0 Å². The second-order valence-electron chi connectivity index (χ2n) is 8.84. The number of rotatable bonds is 8. The van der Waals surface area contributed by atoms with E-state index in [4.69, 9.17) is 9.97 Å². The third kappa shape index (κ3) is 4.74. The minimum Gasteiger partial charge on any atom is -0.302 e. The van der Waals surface area contributed by atoms with E-state index in [1.807, 2.05) is 71.6 Å². The Bertz CT molecular complexity index is 1510. The largest absolute Gasteiger partial charge is 0.302 e. The summed E-state index contributed by atoms with van der Waals surface area (Å²) in [5.74, 6) is -0.0466. The number of benzene rings is 3. The smallest absolute Gasteiger partial charge is 0.260 e. The molecule has 0 aliphatic carbocycles.